The maximum absolute atomic E-state index is 6.95. The summed E-state index contributed by atoms with van der Waals surface area (Å²) in [4.78, 5) is 7.45. The average molecular weight is 766 g/mol. The molecule has 5 aliphatic rings. The molecule has 2 heterocycles. The fraction of sp³-hybridized carbons (Fsp3) is 0.630. The number of ether oxygens (including phenoxy) is 4. The van der Waals surface area contributed by atoms with Crippen molar-refractivity contribution in [3.8, 4) is 0 Å². The highest BCUT2D eigenvalue weighted by molar-refractivity contribution is 6.54. The molecular weight excluding hydrogens is 732 g/mol. The summed E-state index contributed by atoms with van der Waals surface area (Å²) in [7, 11) is 5.76. The largest absolute Gasteiger partial charge is 0.395 e. The Morgan fingerprint density at radius 1 is 0.744 bits per heavy atom. The Labute approximate surface area is 292 Å². The number of halogens is 8. The number of oxime groups is 2. The Bertz CT molecular complexity index is 1220. The van der Waals surface area contributed by atoms with Gasteiger partial charge in [0.05, 0.1) is 31.6 Å². The smallest absolute Gasteiger partial charge is 0.246 e. The molecule has 0 aromatic carbocycles. The summed E-state index contributed by atoms with van der Waals surface area (Å²) in [6.07, 6.45) is 5.56. The van der Waals surface area contributed by atoms with Crippen LogP contribution in [0.1, 0.15) is 34.1 Å². The second-order valence-electron chi connectivity index (χ2n) is 9.46. The van der Waals surface area contributed by atoms with Crippen LogP contribution in [0.2, 0.25) is 0 Å². The van der Waals surface area contributed by atoms with E-state index in [9.17, 15) is 0 Å². The molecule has 1 saturated carbocycles. The highest BCUT2D eigenvalue weighted by Gasteiger charge is 2.84. The zero-order valence-electron chi connectivity index (χ0n) is 23.5. The number of allylic oxidation sites excluding steroid dienone is 4. The summed E-state index contributed by atoms with van der Waals surface area (Å²) < 4.78 is 21.4. The minimum absolute atomic E-state index is 0. The first-order valence-electron chi connectivity index (χ1n) is 12.5. The lowest BCUT2D eigenvalue weighted by atomic mass is 9.79. The van der Waals surface area contributed by atoms with Crippen LogP contribution in [-0.4, -0.2) is 74.4 Å². The van der Waals surface area contributed by atoms with Crippen molar-refractivity contribution in [1.82, 2.24) is 0 Å². The Kier molecular flexibility index (Phi) is 14.0. The minimum Gasteiger partial charge on any atom is -0.395 e. The molecule has 4 unspecified atom stereocenters. The van der Waals surface area contributed by atoms with Gasteiger partial charge in [-0.05, 0) is 18.9 Å². The van der Waals surface area contributed by atoms with Gasteiger partial charge in [-0.1, -0.05) is 100 Å². The molecule has 16 heteroatoms. The standard InChI is InChI=1S/C13H15Cl4NO3.C7H6Cl4O2.C6H9NO.CH4/c1-6-8(7-4-5-21-18-7)12(17)10(15)9(14)11(6,16)13(12,19-2)20-3;1-12-7(13-2)5(10)3(8)4(9)6(7)11;1-2-3-6-4-5-8-7-6;/h6,8H,4-5H2,1-3H3;1-2H3;2-3H,4-5H2,1H3;1H4/b;;3-2+;. The molecule has 8 nitrogen and oxygen atoms in total. The molecule has 244 valence electrons. The molecule has 2 aliphatic heterocycles. The SMILES string of the molecule is C.C/C=C/C1=NOCC1.COC1(OC)C(Cl)=C(Cl)C(Cl)=C1Cl.COC1(OC)C2(Cl)C(Cl)=C(Cl)C1(Cl)C(C1=NOCC1)C2C. The normalized spacial score (nSPS) is 31.7. The van der Waals surface area contributed by atoms with Crippen LogP contribution in [0.3, 0.4) is 0 Å². The molecule has 3 aliphatic carbocycles. The van der Waals surface area contributed by atoms with Gasteiger partial charge in [0.25, 0.3) is 0 Å². The lowest BCUT2D eigenvalue weighted by molar-refractivity contribution is -0.219. The van der Waals surface area contributed by atoms with E-state index in [4.69, 9.17) is 121 Å². The van der Waals surface area contributed by atoms with Crippen LogP contribution < -0.4 is 0 Å². The maximum Gasteiger partial charge on any atom is 0.246 e. The van der Waals surface area contributed by atoms with Crippen LogP contribution in [0, 0.1) is 11.8 Å². The number of hydrogen-bond donors (Lipinski definition) is 0. The van der Waals surface area contributed by atoms with Gasteiger partial charge in [0.1, 0.15) is 33.0 Å². The summed E-state index contributed by atoms with van der Waals surface area (Å²) >= 11 is 49.9. The van der Waals surface area contributed by atoms with Crippen LogP contribution in [-0.2, 0) is 28.6 Å². The molecule has 0 N–H and O–H groups in total. The maximum atomic E-state index is 6.95. The molecule has 2 bridgehead atoms. The third kappa shape index (κ3) is 5.89. The molecule has 5 rings (SSSR count). The van der Waals surface area contributed by atoms with Crippen molar-refractivity contribution in [2.24, 2.45) is 22.1 Å². The third-order valence-electron chi connectivity index (χ3n) is 7.63. The molecule has 1 fully saturated rings. The minimum atomic E-state index is -1.37. The molecule has 0 radical (unpaired) electrons. The molecule has 0 aromatic heterocycles. The molecule has 0 amide bonds. The zero-order chi connectivity index (χ0) is 31.7. The van der Waals surface area contributed by atoms with E-state index in [-0.39, 0.29) is 49.5 Å². The summed E-state index contributed by atoms with van der Waals surface area (Å²) in [5.41, 5.74) is 1.85. The predicted molar refractivity (Wildman–Crippen MR) is 177 cm³/mol. The van der Waals surface area contributed by atoms with E-state index < -0.39 is 21.3 Å². The van der Waals surface area contributed by atoms with Gasteiger partial charge in [-0.3, -0.25) is 0 Å². The van der Waals surface area contributed by atoms with E-state index in [2.05, 4.69) is 10.3 Å². The van der Waals surface area contributed by atoms with Gasteiger partial charge in [0.15, 0.2) is 0 Å². The van der Waals surface area contributed by atoms with Crippen molar-refractivity contribution in [3.63, 3.8) is 0 Å². The van der Waals surface area contributed by atoms with Crippen molar-refractivity contribution in [2.45, 2.75) is 55.4 Å². The Balaban J connectivity index is 0.000000250. The number of hydrogen-bond acceptors (Lipinski definition) is 8. The quantitative estimate of drug-likeness (QED) is 0.199. The second-order valence-corrected chi connectivity index (χ2v) is 12.9. The van der Waals surface area contributed by atoms with Gasteiger partial charge in [-0.2, -0.15) is 0 Å². The predicted octanol–water partition coefficient (Wildman–Crippen LogP) is 9.02. The van der Waals surface area contributed by atoms with E-state index in [1.165, 1.54) is 28.4 Å². The summed E-state index contributed by atoms with van der Waals surface area (Å²) in [5, 5.41) is 8.94. The molecule has 0 spiro atoms. The topological polar surface area (TPSA) is 80.1 Å². The Morgan fingerprint density at radius 2 is 1.23 bits per heavy atom. The van der Waals surface area contributed by atoms with E-state index in [1.807, 2.05) is 26.0 Å². The first-order chi connectivity index (χ1) is 19.8. The summed E-state index contributed by atoms with van der Waals surface area (Å²) in [6.45, 7) is 5.19. The van der Waals surface area contributed by atoms with Crippen molar-refractivity contribution in [2.75, 3.05) is 41.7 Å². The zero-order valence-corrected chi connectivity index (χ0v) is 29.6. The van der Waals surface area contributed by atoms with Gasteiger partial charge in [-0.25, -0.2) is 0 Å². The number of nitrogens with zero attached hydrogens (tertiary/aromatic N) is 2. The molecular formula is C27H34Cl8N2O6. The number of rotatable bonds is 6. The first kappa shape index (κ1) is 39.2. The van der Waals surface area contributed by atoms with Gasteiger partial charge in [0, 0.05) is 47.2 Å². The van der Waals surface area contributed by atoms with E-state index in [0.29, 0.717) is 13.0 Å². The van der Waals surface area contributed by atoms with Crippen LogP contribution in [0.25, 0.3) is 0 Å². The van der Waals surface area contributed by atoms with Crippen molar-refractivity contribution in [3.05, 3.63) is 42.3 Å². The van der Waals surface area contributed by atoms with E-state index in [0.717, 1.165) is 24.5 Å². The van der Waals surface area contributed by atoms with Gasteiger partial charge in [-0.15, -0.1) is 23.2 Å². The molecule has 0 saturated heterocycles. The van der Waals surface area contributed by atoms with Crippen molar-refractivity contribution < 1.29 is 28.6 Å². The third-order valence-corrected chi connectivity index (χ3v) is 12.3. The highest BCUT2D eigenvalue weighted by Crippen LogP contribution is 2.74. The lowest BCUT2D eigenvalue weighted by Crippen LogP contribution is -2.57. The Morgan fingerprint density at radius 3 is 1.58 bits per heavy atom. The van der Waals surface area contributed by atoms with Crippen LogP contribution in [0.4, 0.5) is 0 Å². The van der Waals surface area contributed by atoms with Crippen LogP contribution in [0.5, 0.6) is 0 Å². The average Bonchev–Trinajstić information content (AvgIpc) is 3.78. The first-order valence-corrected chi connectivity index (χ1v) is 15.6. The van der Waals surface area contributed by atoms with Crippen molar-refractivity contribution >= 4 is 104 Å². The van der Waals surface area contributed by atoms with Crippen LogP contribution >= 0.6 is 92.8 Å². The monoisotopic (exact) mass is 762 g/mol. The molecule has 0 aromatic rings. The van der Waals surface area contributed by atoms with Gasteiger partial charge in [0.2, 0.25) is 11.6 Å². The van der Waals surface area contributed by atoms with E-state index in [1.54, 1.807) is 0 Å². The van der Waals surface area contributed by atoms with E-state index >= 15 is 0 Å². The fourth-order valence-corrected chi connectivity index (χ4v) is 9.16. The van der Waals surface area contributed by atoms with Gasteiger partial charge >= 0.3 is 0 Å². The van der Waals surface area contributed by atoms with Crippen molar-refractivity contribution in [1.29, 1.82) is 0 Å². The summed E-state index contributed by atoms with van der Waals surface area (Å²) in [5.74, 6) is -3.18. The summed E-state index contributed by atoms with van der Waals surface area (Å²) in [6, 6.07) is 0. The Hall–Kier alpha value is 0.0600. The van der Waals surface area contributed by atoms with Gasteiger partial charge < -0.3 is 28.6 Å². The second kappa shape index (κ2) is 15.3. The highest BCUT2D eigenvalue weighted by atomic mass is 35.5. The van der Waals surface area contributed by atoms with Crippen LogP contribution in [0.15, 0.2) is 52.7 Å². The molecule has 4 atom stereocenters. The number of methoxy groups -OCH3 is 4. The number of fused-ring (bicyclic) bond motifs is 2. The fourth-order valence-electron chi connectivity index (χ4n) is 5.67. The molecule has 43 heavy (non-hydrogen) atoms. The lowest BCUT2D eigenvalue weighted by Gasteiger charge is -2.41. The number of alkyl halides is 2.